The van der Waals surface area contributed by atoms with Crippen LogP contribution in [0.2, 0.25) is 0 Å². The fourth-order valence-corrected chi connectivity index (χ4v) is 2.00. The number of carbonyl (C=O) groups excluding carboxylic acids is 1. The zero-order valence-corrected chi connectivity index (χ0v) is 12.8. The van der Waals surface area contributed by atoms with E-state index in [9.17, 15) is 4.79 Å². The molecule has 0 saturated carbocycles. The van der Waals surface area contributed by atoms with E-state index in [1.54, 1.807) is 25.3 Å². The second kappa shape index (κ2) is 8.59. The van der Waals surface area contributed by atoms with Gasteiger partial charge in [-0.1, -0.05) is 6.92 Å². The van der Waals surface area contributed by atoms with Crippen LogP contribution in [-0.2, 0) is 4.74 Å². The minimum Gasteiger partial charge on any atom is -0.490 e. The minimum atomic E-state index is 0.0959. The van der Waals surface area contributed by atoms with E-state index in [-0.39, 0.29) is 11.7 Å². The molecule has 112 valence electrons. The molecule has 0 aromatic heterocycles. The molecule has 0 aliphatic heterocycles. The lowest BCUT2D eigenvalue weighted by Crippen LogP contribution is -2.11. The molecule has 1 rings (SSSR count). The number of hydrogen-bond acceptors (Lipinski definition) is 4. The minimum absolute atomic E-state index is 0.0959. The van der Waals surface area contributed by atoms with Crippen LogP contribution < -0.4 is 9.47 Å². The molecule has 0 bridgehead atoms. The molecule has 0 N–H and O–H groups in total. The second-order valence-electron chi connectivity index (χ2n) is 4.72. The van der Waals surface area contributed by atoms with Gasteiger partial charge in [-0.3, -0.25) is 4.79 Å². The van der Waals surface area contributed by atoms with Crippen molar-refractivity contribution in [1.29, 1.82) is 0 Å². The van der Waals surface area contributed by atoms with Gasteiger partial charge in [-0.15, -0.1) is 0 Å². The summed E-state index contributed by atoms with van der Waals surface area (Å²) in [4.78, 5) is 12.2. The maximum Gasteiger partial charge on any atom is 0.163 e. The van der Waals surface area contributed by atoms with Crippen LogP contribution in [0.5, 0.6) is 11.5 Å². The predicted octanol–water partition coefficient (Wildman–Crippen LogP) is 3.34. The van der Waals surface area contributed by atoms with E-state index in [0.29, 0.717) is 43.3 Å². The molecule has 0 aliphatic carbocycles. The maximum absolute atomic E-state index is 12.2. The second-order valence-corrected chi connectivity index (χ2v) is 4.72. The van der Waals surface area contributed by atoms with Gasteiger partial charge in [0.25, 0.3) is 0 Å². The third-order valence-corrected chi connectivity index (χ3v) is 2.85. The van der Waals surface area contributed by atoms with Gasteiger partial charge < -0.3 is 14.2 Å². The Kier molecular flexibility index (Phi) is 7.09. The first-order valence-corrected chi connectivity index (χ1v) is 7.04. The first-order valence-electron chi connectivity index (χ1n) is 7.04. The van der Waals surface area contributed by atoms with Gasteiger partial charge in [-0.25, -0.2) is 0 Å². The summed E-state index contributed by atoms with van der Waals surface area (Å²) in [7, 11) is 1.64. The SMILES string of the molecule is CCOc1ccc(C(=O)CC(C)COC)cc1OCC. The molecule has 1 atom stereocenters. The Labute approximate surface area is 121 Å². The molecular weight excluding hydrogens is 256 g/mol. The van der Waals surface area contributed by atoms with Crippen LogP contribution in [0, 0.1) is 5.92 Å². The summed E-state index contributed by atoms with van der Waals surface area (Å²) in [6.45, 7) is 7.52. The van der Waals surface area contributed by atoms with Crippen molar-refractivity contribution >= 4 is 5.78 Å². The van der Waals surface area contributed by atoms with Gasteiger partial charge in [-0.2, -0.15) is 0 Å². The van der Waals surface area contributed by atoms with Crippen molar-refractivity contribution in [3.05, 3.63) is 23.8 Å². The molecular formula is C16H24O4. The Balaban J connectivity index is 2.84. The third-order valence-electron chi connectivity index (χ3n) is 2.85. The highest BCUT2D eigenvalue weighted by atomic mass is 16.5. The fourth-order valence-electron chi connectivity index (χ4n) is 2.00. The van der Waals surface area contributed by atoms with Gasteiger partial charge >= 0.3 is 0 Å². The van der Waals surface area contributed by atoms with Crippen LogP contribution in [0.4, 0.5) is 0 Å². The van der Waals surface area contributed by atoms with Crippen molar-refractivity contribution in [3.8, 4) is 11.5 Å². The molecule has 1 aromatic rings. The summed E-state index contributed by atoms with van der Waals surface area (Å²) < 4.78 is 16.1. The molecule has 4 nitrogen and oxygen atoms in total. The van der Waals surface area contributed by atoms with E-state index < -0.39 is 0 Å². The number of ether oxygens (including phenoxy) is 3. The van der Waals surface area contributed by atoms with Gasteiger partial charge in [0.1, 0.15) is 0 Å². The normalized spacial score (nSPS) is 12.0. The maximum atomic E-state index is 12.2. The van der Waals surface area contributed by atoms with Gasteiger partial charge in [0.05, 0.1) is 13.2 Å². The van der Waals surface area contributed by atoms with Crippen molar-refractivity contribution in [3.63, 3.8) is 0 Å². The topological polar surface area (TPSA) is 44.8 Å². The van der Waals surface area contributed by atoms with Crippen LogP contribution in [0.15, 0.2) is 18.2 Å². The van der Waals surface area contributed by atoms with Crippen molar-refractivity contribution in [2.75, 3.05) is 26.9 Å². The summed E-state index contributed by atoms with van der Waals surface area (Å²) in [6.07, 6.45) is 0.466. The first kappa shape index (κ1) is 16.5. The van der Waals surface area contributed by atoms with Gasteiger partial charge in [0, 0.05) is 25.7 Å². The third kappa shape index (κ3) is 4.85. The molecule has 1 unspecified atom stereocenters. The van der Waals surface area contributed by atoms with Crippen LogP contribution in [0.25, 0.3) is 0 Å². The van der Waals surface area contributed by atoms with Crippen molar-refractivity contribution in [1.82, 2.24) is 0 Å². The standard InChI is InChI=1S/C16H24O4/c1-5-19-15-8-7-13(10-16(15)20-6-2)14(17)9-12(3)11-18-4/h7-8,10,12H,5-6,9,11H2,1-4H3. The molecule has 4 heteroatoms. The van der Waals surface area contributed by atoms with Crippen LogP contribution >= 0.6 is 0 Å². The summed E-state index contributed by atoms with van der Waals surface area (Å²) in [6, 6.07) is 5.34. The Morgan fingerprint density at radius 1 is 1.15 bits per heavy atom. The molecule has 0 amide bonds. The zero-order chi connectivity index (χ0) is 15.0. The van der Waals surface area contributed by atoms with E-state index in [2.05, 4.69) is 0 Å². The van der Waals surface area contributed by atoms with Gasteiger partial charge in [-0.05, 0) is 38.0 Å². The lowest BCUT2D eigenvalue weighted by atomic mass is 10.00. The van der Waals surface area contributed by atoms with E-state index in [0.717, 1.165) is 0 Å². The highest BCUT2D eigenvalue weighted by molar-refractivity contribution is 5.96. The average molecular weight is 280 g/mol. The Morgan fingerprint density at radius 2 is 1.80 bits per heavy atom. The van der Waals surface area contributed by atoms with E-state index in [4.69, 9.17) is 14.2 Å². The Hall–Kier alpha value is -1.55. The van der Waals surface area contributed by atoms with E-state index >= 15 is 0 Å². The number of Topliss-reactive ketones (excluding diaryl/α,β-unsaturated/α-hetero) is 1. The quantitative estimate of drug-likeness (QED) is 0.651. The number of rotatable bonds is 9. The molecule has 0 aliphatic rings. The highest BCUT2D eigenvalue weighted by Crippen LogP contribution is 2.29. The Bertz CT molecular complexity index is 428. The number of hydrogen-bond donors (Lipinski definition) is 0. The molecule has 0 spiro atoms. The summed E-state index contributed by atoms with van der Waals surface area (Å²) in [5, 5.41) is 0. The summed E-state index contributed by atoms with van der Waals surface area (Å²) in [5.41, 5.74) is 0.653. The zero-order valence-electron chi connectivity index (χ0n) is 12.8. The highest BCUT2D eigenvalue weighted by Gasteiger charge is 2.14. The lowest BCUT2D eigenvalue weighted by Gasteiger charge is -2.13. The number of methoxy groups -OCH3 is 1. The van der Waals surface area contributed by atoms with E-state index in [1.807, 2.05) is 20.8 Å². The van der Waals surface area contributed by atoms with Crippen molar-refractivity contribution < 1.29 is 19.0 Å². The predicted molar refractivity (Wildman–Crippen MR) is 78.8 cm³/mol. The first-order chi connectivity index (χ1) is 9.62. The molecule has 0 saturated heterocycles. The molecule has 0 radical (unpaired) electrons. The number of ketones is 1. The van der Waals surface area contributed by atoms with Crippen molar-refractivity contribution in [2.45, 2.75) is 27.2 Å². The largest absolute Gasteiger partial charge is 0.490 e. The van der Waals surface area contributed by atoms with Crippen molar-refractivity contribution in [2.24, 2.45) is 5.92 Å². The van der Waals surface area contributed by atoms with Gasteiger partial charge in [0.2, 0.25) is 0 Å². The number of benzene rings is 1. The van der Waals surface area contributed by atoms with Crippen LogP contribution in [-0.4, -0.2) is 32.7 Å². The van der Waals surface area contributed by atoms with Gasteiger partial charge in [0.15, 0.2) is 17.3 Å². The molecule has 1 aromatic carbocycles. The number of carbonyl (C=O) groups is 1. The molecule has 0 heterocycles. The molecule has 0 fully saturated rings. The van der Waals surface area contributed by atoms with Crippen LogP contribution in [0.3, 0.4) is 0 Å². The monoisotopic (exact) mass is 280 g/mol. The van der Waals surface area contributed by atoms with E-state index in [1.165, 1.54) is 0 Å². The average Bonchev–Trinajstić information content (AvgIpc) is 2.41. The summed E-state index contributed by atoms with van der Waals surface area (Å²) in [5.74, 6) is 1.60. The molecule has 20 heavy (non-hydrogen) atoms. The smallest absolute Gasteiger partial charge is 0.163 e. The fraction of sp³-hybridized carbons (Fsp3) is 0.562. The lowest BCUT2D eigenvalue weighted by molar-refractivity contribution is 0.0919. The Morgan fingerprint density at radius 3 is 2.40 bits per heavy atom. The summed E-state index contributed by atoms with van der Waals surface area (Å²) >= 11 is 0. The van der Waals surface area contributed by atoms with Crippen LogP contribution in [0.1, 0.15) is 37.6 Å².